The topological polar surface area (TPSA) is 107 Å². The van der Waals surface area contributed by atoms with Gasteiger partial charge in [0.25, 0.3) is 11.5 Å². The van der Waals surface area contributed by atoms with E-state index in [0.717, 1.165) is 19.4 Å². The maximum Gasteiger partial charge on any atom is 0.258 e. The van der Waals surface area contributed by atoms with Gasteiger partial charge in [-0.15, -0.1) is 0 Å². The van der Waals surface area contributed by atoms with Crippen molar-refractivity contribution in [3.8, 4) is 0 Å². The van der Waals surface area contributed by atoms with Crippen molar-refractivity contribution in [2.24, 2.45) is 15.9 Å². The number of carbonyl (C=O) groups is 1. The van der Waals surface area contributed by atoms with Crippen molar-refractivity contribution in [2.75, 3.05) is 27.2 Å². The summed E-state index contributed by atoms with van der Waals surface area (Å²) in [7, 11) is 4.07. The average Bonchev–Trinajstić information content (AvgIpc) is 2.85. The van der Waals surface area contributed by atoms with Crippen LogP contribution in [0, 0.1) is 5.82 Å². The summed E-state index contributed by atoms with van der Waals surface area (Å²) in [6.07, 6.45) is 3.45. The van der Waals surface area contributed by atoms with Crippen molar-refractivity contribution in [1.82, 2.24) is 14.8 Å². The summed E-state index contributed by atoms with van der Waals surface area (Å²) in [4.78, 5) is 36.5. The van der Waals surface area contributed by atoms with E-state index >= 15 is 0 Å². The third-order valence-electron chi connectivity index (χ3n) is 6.09. The number of nitrogens with two attached hydrogens (primary N) is 1. The molecule has 1 saturated heterocycles. The molecule has 0 spiro atoms. The molecular formula is C25H27FN6O2. The molecule has 1 aromatic heterocycles. The molecule has 1 aliphatic rings. The molecule has 34 heavy (non-hydrogen) atoms. The number of nitrogens with zero attached hydrogens (tertiary/aromatic N) is 4. The second kappa shape index (κ2) is 9.96. The van der Waals surface area contributed by atoms with Crippen LogP contribution < -0.4 is 11.4 Å². The van der Waals surface area contributed by atoms with Crippen LogP contribution in [0.2, 0.25) is 0 Å². The molecule has 3 N–H and O–H groups in total. The first-order valence-corrected chi connectivity index (χ1v) is 11.1. The van der Waals surface area contributed by atoms with Gasteiger partial charge in [0, 0.05) is 35.6 Å². The van der Waals surface area contributed by atoms with Crippen molar-refractivity contribution in [3.05, 3.63) is 75.8 Å². The second-order valence-corrected chi connectivity index (χ2v) is 8.57. The van der Waals surface area contributed by atoms with Crippen molar-refractivity contribution < 1.29 is 9.18 Å². The number of hydrogen-bond donors (Lipinski definition) is 2. The van der Waals surface area contributed by atoms with Gasteiger partial charge < -0.3 is 20.6 Å². The van der Waals surface area contributed by atoms with Crippen LogP contribution in [-0.4, -0.2) is 65.8 Å². The minimum atomic E-state index is -0.415. The van der Waals surface area contributed by atoms with Gasteiger partial charge in [0.05, 0.1) is 17.5 Å². The Morgan fingerprint density at radius 1 is 1.21 bits per heavy atom. The highest BCUT2D eigenvalue weighted by Gasteiger charge is 2.25. The fourth-order valence-electron chi connectivity index (χ4n) is 4.11. The summed E-state index contributed by atoms with van der Waals surface area (Å²) in [5.41, 5.74) is 1.60. The van der Waals surface area contributed by atoms with Crippen molar-refractivity contribution in [1.29, 1.82) is 0 Å². The van der Waals surface area contributed by atoms with E-state index in [9.17, 15) is 14.0 Å². The molecule has 0 radical (unpaired) electrons. The van der Waals surface area contributed by atoms with E-state index in [4.69, 9.17) is 5.84 Å². The van der Waals surface area contributed by atoms with Crippen LogP contribution in [0.1, 0.15) is 28.8 Å². The zero-order valence-corrected chi connectivity index (χ0v) is 19.2. The van der Waals surface area contributed by atoms with E-state index in [0.29, 0.717) is 34.7 Å². The number of H-pyrrole nitrogens is 1. The quantitative estimate of drug-likeness (QED) is 0.345. The molecule has 0 unspecified atom stereocenters. The lowest BCUT2D eigenvalue weighted by atomic mass is 10.0. The number of halogens is 1. The van der Waals surface area contributed by atoms with Crippen LogP contribution in [0.15, 0.2) is 63.4 Å². The minimum absolute atomic E-state index is 0.00113. The van der Waals surface area contributed by atoms with E-state index in [-0.39, 0.29) is 17.2 Å². The second-order valence-electron chi connectivity index (χ2n) is 8.57. The Bertz CT molecular complexity index is 1310. The number of nitrogens with one attached hydrogen (secondary N) is 1. The van der Waals surface area contributed by atoms with E-state index in [1.54, 1.807) is 24.3 Å². The molecule has 9 heteroatoms. The fourth-order valence-corrected chi connectivity index (χ4v) is 4.11. The number of benzene rings is 2. The Labute approximate surface area is 196 Å². The van der Waals surface area contributed by atoms with Crippen LogP contribution in [0.25, 0.3) is 10.9 Å². The highest BCUT2D eigenvalue weighted by Crippen LogP contribution is 2.19. The molecule has 2 aromatic carbocycles. The number of likely N-dealkylation sites (tertiary alicyclic amines) is 1. The number of aromatic amines is 1. The molecule has 4 rings (SSSR count). The van der Waals surface area contributed by atoms with Gasteiger partial charge in [0.1, 0.15) is 11.5 Å². The smallest absolute Gasteiger partial charge is 0.258 e. The molecule has 0 saturated carbocycles. The van der Waals surface area contributed by atoms with Gasteiger partial charge in [-0.05, 0) is 75.5 Å². The molecule has 1 atom stereocenters. The molecule has 0 aliphatic carbocycles. The standard InChI is InChI=1S/C25H27FN6O2/c1-31(2)20-4-3-11-32(15-20)25(34)16-5-8-19(9-6-16)28-14-23(30-27)21-13-17-12-18(26)7-10-22(17)29-24(21)33/h5-10,12-14,20H,3-4,11,15,27H2,1-2H3,(H,29,33)/t20-/m1/s1. The zero-order chi connectivity index (χ0) is 24.2. The number of piperidine rings is 1. The summed E-state index contributed by atoms with van der Waals surface area (Å²) < 4.78 is 13.6. The summed E-state index contributed by atoms with van der Waals surface area (Å²) in [5.74, 6) is 5.09. The highest BCUT2D eigenvalue weighted by molar-refractivity contribution is 6.38. The lowest BCUT2D eigenvalue weighted by Crippen LogP contribution is -2.47. The van der Waals surface area contributed by atoms with Crippen molar-refractivity contribution >= 4 is 34.4 Å². The largest absolute Gasteiger partial charge is 0.337 e. The maximum atomic E-state index is 13.6. The average molecular weight is 463 g/mol. The normalized spacial score (nSPS) is 17.1. The predicted octanol–water partition coefficient (Wildman–Crippen LogP) is 2.90. The SMILES string of the molecule is CN(C)[C@@H]1CCCN(C(=O)c2ccc(N=CC(=NN)c3cc4cc(F)ccc4[nH]c3=O)cc2)C1. The van der Waals surface area contributed by atoms with E-state index in [1.165, 1.54) is 30.5 Å². The Morgan fingerprint density at radius 2 is 1.97 bits per heavy atom. The van der Waals surface area contributed by atoms with Crippen LogP contribution in [-0.2, 0) is 0 Å². The first-order chi connectivity index (χ1) is 16.4. The number of aromatic nitrogens is 1. The molecule has 1 amide bonds. The van der Waals surface area contributed by atoms with Gasteiger partial charge in [-0.1, -0.05) is 0 Å². The Balaban J connectivity index is 1.50. The highest BCUT2D eigenvalue weighted by atomic mass is 19.1. The number of amides is 1. The molecule has 176 valence electrons. The predicted molar refractivity (Wildman–Crippen MR) is 132 cm³/mol. The van der Waals surface area contributed by atoms with Crippen molar-refractivity contribution in [3.63, 3.8) is 0 Å². The molecule has 0 bridgehead atoms. The van der Waals surface area contributed by atoms with Crippen LogP contribution in [0.5, 0.6) is 0 Å². The molecule has 8 nitrogen and oxygen atoms in total. The molecule has 3 aromatic rings. The van der Waals surface area contributed by atoms with Gasteiger partial charge in [0.15, 0.2) is 0 Å². The van der Waals surface area contributed by atoms with E-state index in [2.05, 4.69) is 20.0 Å². The third kappa shape index (κ3) is 5.04. The first-order valence-electron chi connectivity index (χ1n) is 11.1. The zero-order valence-electron chi connectivity index (χ0n) is 19.2. The lowest BCUT2D eigenvalue weighted by Gasteiger charge is -2.36. The summed E-state index contributed by atoms with van der Waals surface area (Å²) in [6, 6.07) is 12.9. The Morgan fingerprint density at radius 3 is 2.68 bits per heavy atom. The molecule has 1 aliphatic heterocycles. The number of likely N-dealkylation sites (N-methyl/N-ethyl adjacent to an activating group) is 1. The first kappa shape index (κ1) is 23.3. The number of aliphatic imine (C=N–C) groups is 1. The molecule has 1 fully saturated rings. The minimum Gasteiger partial charge on any atom is -0.337 e. The Kier molecular flexibility index (Phi) is 6.83. The van der Waals surface area contributed by atoms with E-state index in [1.807, 2.05) is 19.0 Å². The number of hydrazone groups is 1. The molecular weight excluding hydrogens is 435 g/mol. The molecule has 2 heterocycles. The number of rotatable bonds is 5. The van der Waals surface area contributed by atoms with Crippen molar-refractivity contribution in [2.45, 2.75) is 18.9 Å². The van der Waals surface area contributed by atoms with Crippen LogP contribution in [0.4, 0.5) is 10.1 Å². The number of fused-ring (bicyclic) bond motifs is 1. The number of pyridine rings is 1. The lowest BCUT2D eigenvalue weighted by molar-refractivity contribution is 0.0635. The van der Waals surface area contributed by atoms with Gasteiger partial charge in [-0.25, -0.2) is 4.39 Å². The monoisotopic (exact) mass is 462 g/mol. The summed E-state index contributed by atoms with van der Waals surface area (Å²) in [6.45, 7) is 1.47. The number of hydrogen-bond acceptors (Lipinski definition) is 6. The van der Waals surface area contributed by atoms with Crippen LogP contribution in [0.3, 0.4) is 0 Å². The maximum absolute atomic E-state index is 13.6. The summed E-state index contributed by atoms with van der Waals surface area (Å²) >= 11 is 0. The van der Waals surface area contributed by atoms with Gasteiger partial charge in [-0.3, -0.25) is 14.6 Å². The fraction of sp³-hybridized carbons (Fsp3) is 0.280. The van der Waals surface area contributed by atoms with Gasteiger partial charge in [0.2, 0.25) is 0 Å². The Hall–Kier alpha value is -3.85. The van der Waals surface area contributed by atoms with Crippen LogP contribution >= 0.6 is 0 Å². The number of carbonyl (C=O) groups excluding carboxylic acids is 1. The van der Waals surface area contributed by atoms with E-state index < -0.39 is 11.4 Å². The van der Waals surface area contributed by atoms with Gasteiger partial charge in [-0.2, -0.15) is 5.10 Å². The van der Waals surface area contributed by atoms with Gasteiger partial charge >= 0.3 is 0 Å². The summed E-state index contributed by atoms with van der Waals surface area (Å²) in [5, 5.41) is 4.20. The third-order valence-corrected chi connectivity index (χ3v) is 6.09.